The van der Waals surface area contributed by atoms with Crippen LogP contribution in [0.15, 0.2) is 24.3 Å². The molecule has 2 aliphatic rings. The Morgan fingerprint density at radius 1 is 1.26 bits per heavy atom. The fourth-order valence-electron chi connectivity index (χ4n) is 3.90. The normalized spacial score (nSPS) is 21.3. The fraction of sp³-hybridized carbons (Fsp3) is 0.611. The van der Waals surface area contributed by atoms with Gasteiger partial charge in [0.25, 0.3) is 0 Å². The first-order valence-corrected chi connectivity index (χ1v) is 8.65. The van der Waals surface area contributed by atoms with Crippen molar-refractivity contribution >= 4 is 5.91 Å². The average molecular weight is 319 g/mol. The maximum Gasteiger partial charge on any atom is 0.234 e. The van der Waals surface area contributed by atoms with Crippen molar-refractivity contribution in [3.63, 3.8) is 0 Å². The van der Waals surface area contributed by atoms with E-state index in [9.17, 15) is 9.18 Å². The molecule has 126 valence electrons. The minimum atomic E-state index is -0.265. The van der Waals surface area contributed by atoms with Crippen LogP contribution in [0.25, 0.3) is 0 Å². The lowest BCUT2D eigenvalue weighted by Crippen LogP contribution is -2.63. The van der Waals surface area contributed by atoms with Gasteiger partial charge in [-0.1, -0.05) is 37.5 Å². The molecule has 1 aromatic carbocycles. The van der Waals surface area contributed by atoms with Gasteiger partial charge in [-0.05, 0) is 18.9 Å². The van der Waals surface area contributed by atoms with Crippen molar-refractivity contribution < 1.29 is 9.18 Å². The molecule has 5 heteroatoms. The second-order valence-corrected chi connectivity index (χ2v) is 6.75. The lowest BCUT2D eigenvalue weighted by atomic mass is 9.79. The zero-order valence-electron chi connectivity index (χ0n) is 13.6. The first kappa shape index (κ1) is 16.4. The van der Waals surface area contributed by atoms with Crippen LogP contribution in [-0.4, -0.2) is 42.5 Å². The molecule has 1 amide bonds. The Morgan fingerprint density at radius 3 is 2.83 bits per heavy atom. The van der Waals surface area contributed by atoms with Gasteiger partial charge in [-0.3, -0.25) is 9.69 Å². The summed E-state index contributed by atoms with van der Waals surface area (Å²) in [6.07, 6.45) is 6.13. The number of benzene rings is 1. The highest BCUT2D eigenvalue weighted by atomic mass is 19.1. The van der Waals surface area contributed by atoms with Crippen LogP contribution < -0.4 is 10.6 Å². The number of hydrogen-bond donors (Lipinski definition) is 2. The monoisotopic (exact) mass is 319 g/mol. The number of nitrogens with one attached hydrogen (secondary N) is 2. The van der Waals surface area contributed by atoms with Gasteiger partial charge in [0.05, 0.1) is 6.54 Å². The Balaban J connectivity index is 1.56. The van der Waals surface area contributed by atoms with Crippen molar-refractivity contribution in [2.45, 2.75) is 44.2 Å². The van der Waals surface area contributed by atoms with E-state index in [2.05, 4.69) is 15.5 Å². The molecule has 1 saturated heterocycles. The third kappa shape index (κ3) is 3.90. The van der Waals surface area contributed by atoms with E-state index in [1.54, 1.807) is 18.2 Å². The Hall–Kier alpha value is -1.46. The molecule has 0 radical (unpaired) electrons. The Kier molecular flexibility index (Phi) is 5.28. The summed E-state index contributed by atoms with van der Waals surface area (Å²) in [6.45, 7) is 3.49. The average Bonchev–Trinajstić information content (AvgIpc) is 2.57. The van der Waals surface area contributed by atoms with Gasteiger partial charge in [0.15, 0.2) is 0 Å². The number of amides is 1. The Bertz CT molecular complexity index is 535. The van der Waals surface area contributed by atoms with E-state index < -0.39 is 0 Å². The van der Waals surface area contributed by atoms with Gasteiger partial charge >= 0.3 is 0 Å². The number of carbonyl (C=O) groups excluding carboxylic acids is 1. The number of rotatable bonds is 4. The van der Waals surface area contributed by atoms with Gasteiger partial charge in [-0.15, -0.1) is 0 Å². The number of carbonyl (C=O) groups is 1. The fourth-order valence-corrected chi connectivity index (χ4v) is 3.90. The van der Waals surface area contributed by atoms with Gasteiger partial charge < -0.3 is 10.6 Å². The van der Waals surface area contributed by atoms with Crippen molar-refractivity contribution in [3.05, 3.63) is 35.6 Å². The van der Waals surface area contributed by atoms with Crippen molar-refractivity contribution in [1.29, 1.82) is 0 Å². The smallest absolute Gasteiger partial charge is 0.234 e. The summed E-state index contributed by atoms with van der Waals surface area (Å²) in [7, 11) is 0. The van der Waals surface area contributed by atoms with Crippen LogP contribution in [-0.2, 0) is 11.3 Å². The summed E-state index contributed by atoms with van der Waals surface area (Å²) in [4.78, 5) is 14.7. The molecule has 0 unspecified atom stereocenters. The van der Waals surface area contributed by atoms with E-state index in [1.165, 1.54) is 38.2 Å². The summed E-state index contributed by atoms with van der Waals surface area (Å²) < 4.78 is 13.6. The van der Waals surface area contributed by atoms with E-state index in [-0.39, 0.29) is 23.8 Å². The quantitative estimate of drug-likeness (QED) is 0.893. The third-order valence-corrected chi connectivity index (χ3v) is 5.24. The van der Waals surface area contributed by atoms with E-state index >= 15 is 0 Å². The maximum absolute atomic E-state index is 13.6. The first-order chi connectivity index (χ1) is 11.2. The number of nitrogens with zero attached hydrogens (tertiary/aromatic N) is 1. The Morgan fingerprint density at radius 2 is 2.04 bits per heavy atom. The van der Waals surface area contributed by atoms with Crippen molar-refractivity contribution in [1.82, 2.24) is 15.5 Å². The summed E-state index contributed by atoms with van der Waals surface area (Å²) in [6, 6.07) is 6.59. The SMILES string of the molecule is O=C(CN1CCNCC12CCCCC2)NCc1ccccc1F. The molecule has 1 aromatic rings. The number of piperazine rings is 1. The lowest BCUT2D eigenvalue weighted by molar-refractivity contribution is -0.125. The van der Waals surface area contributed by atoms with Gasteiger partial charge in [-0.25, -0.2) is 4.39 Å². The molecule has 0 aromatic heterocycles. The largest absolute Gasteiger partial charge is 0.351 e. The zero-order valence-corrected chi connectivity index (χ0v) is 13.6. The van der Waals surface area contributed by atoms with Crippen LogP contribution in [0, 0.1) is 5.82 Å². The van der Waals surface area contributed by atoms with Crippen LogP contribution in [0.4, 0.5) is 4.39 Å². The van der Waals surface area contributed by atoms with Crippen LogP contribution in [0.5, 0.6) is 0 Å². The minimum absolute atomic E-state index is 0.0138. The van der Waals surface area contributed by atoms with E-state index in [0.717, 1.165) is 19.6 Å². The predicted molar refractivity (Wildman–Crippen MR) is 88.5 cm³/mol. The van der Waals surface area contributed by atoms with E-state index in [4.69, 9.17) is 0 Å². The molecule has 0 bridgehead atoms. The van der Waals surface area contributed by atoms with E-state index in [0.29, 0.717) is 12.1 Å². The van der Waals surface area contributed by atoms with E-state index in [1.807, 2.05) is 0 Å². The third-order valence-electron chi connectivity index (χ3n) is 5.24. The van der Waals surface area contributed by atoms with Crippen molar-refractivity contribution in [2.75, 3.05) is 26.2 Å². The topological polar surface area (TPSA) is 44.4 Å². The van der Waals surface area contributed by atoms with Gasteiger partial charge in [0.2, 0.25) is 5.91 Å². The summed E-state index contributed by atoms with van der Waals surface area (Å²) in [5.41, 5.74) is 0.680. The van der Waals surface area contributed by atoms with Crippen molar-refractivity contribution in [3.8, 4) is 0 Å². The highest BCUT2D eigenvalue weighted by molar-refractivity contribution is 5.78. The summed E-state index contributed by atoms with van der Waals surface area (Å²) >= 11 is 0. The Labute approximate surface area is 137 Å². The molecule has 1 aliphatic carbocycles. The van der Waals surface area contributed by atoms with Gasteiger partial charge in [-0.2, -0.15) is 0 Å². The summed E-state index contributed by atoms with van der Waals surface area (Å²) in [5.74, 6) is -0.279. The molecule has 1 aliphatic heterocycles. The van der Waals surface area contributed by atoms with Gasteiger partial charge in [0, 0.05) is 37.3 Å². The van der Waals surface area contributed by atoms with Crippen LogP contribution in [0.1, 0.15) is 37.7 Å². The summed E-state index contributed by atoms with van der Waals surface area (Å²) in [5, 5.41) is 6.36. The molecular weight excluding hydrogens is 293 g/mol. The molecule has 1 spiro atoms. The predicted octanol–water partition coefficient (Wildman–Crippen LogP) is 2.05. The molecule has 0 atom stereocenters. The number of hydrogen-bond acceptors (Lipinski definition) is 3. The number of halogens is 1. The first-order valence-electron chi connectivity index (χ1n) is 8.65. The zero-order chi connectivity index (χ0) is 16.1. The van der Waals surface area contributed by atoms with Crippen LogP contribution in [0.2, 0.25) is 0 Å². The molecule has 1 heterocycles. The lowest BCUT2D eigenvalue weighted by Gasteiger charge is -2.49. The molecule has 4 nitrogen and oxygen atoms in total. The molecule has 2 fully saturated rings. The van der Waals surface area contributed by atoms with Crippen LogP contribution in [0.3, 0.4) is 0 Å². The van der Waals surface area contributed by atoms with Crippen molar-refractivity contribution in [2.24, 2.45) is 0 Å². The maximum atomic E-state index is 13.6. The highest BCUT2D eigenvalue weighted by Crippen LogP contribution is 2.34. The molecule has 23 heavy (non-hydrogen) atoms. The highest BCUT2D eigenvalue weighted by Gasteiger charge is 2.40. The molecule has 2 N–H and O–H groups in total. The second-order valence-electron chi connectivity index (χ2n) is 6.75. The molecule has 1 saturated carbocycles. The molecule has 3 rings (SSSR count). The minimum Gasteiger partial charge on any atom is -0.351 e. The second kappa shape index (κ2) is 7.41. The van der Waals surface area contributed by atoms with Crippen LogP contribution >= 0.6 is 0 Å². The van der Waals surface area contributed by atoms with Gasteiger partial charge in [0.1, 0.15) is 5.82 Å². The molecular formula is C18H26FN3O. The standard InChI is InChI=1S/C18H26FN3O/c19-16-7-3-2-6-15(16)12-21-17(23)13-22-11-10-20-14-18(22)8-4-1-5-9-18/h2-3,6-7,20H,1,4-5,8-14H2,(H,21,23).